The van der Waals surface area contributed by atoms with Crippen molar-refractivity contribution in [1.82, 2.24) is 15.6 Å². The van der Waals surface area contributed by atoms with Crippen molar-refractivity contribution in [3.05, 3.63) is 52.9 Å². The zero-order valence-electron chi connectivity index (χ0n) is 15.8. The molecule has 0 aliphatic carbocycles. The number of amides is 1. The Labute approximate surface area is 162 Å². The molecule has 1 aliphatic heterocycles. The lowest BCUT2D eigenvalue weighted by molar-refractivity contribution is 0.0972. The number of phenolic OH excluding ortho intramolecular Hbond substituents is 1. The molecule has 0 spiro atoms. The number of aliphatic imine (C=N–C) groups is 1. The Morgan fingerprint density at radius 2 is 2.18 bits per heavy atom. The lowest BCUT2D eigenvalue weighted by Gasteiger charge is -2.29. The van der Waals surface area contributed by atoms with Gasteiger partial charge >= 0.3 is 0 Å². The van der Waals surface area contributed by atoms with E-state index in [4.69, 9.17) is 6.57 Å². The van der Waals surface area contributed by atoms with Crippen LogP contribution in [-0.4, -0.2) is 35.0 Å². The van der Waals surface area contributed by atoms with E-state index < -0.39 is 11.7 Å². The second-order valence-corrected chi connectivity index (χ2v) is 7.39. The molecule has 1 aromatic carbocycles. The predicted octanol–water partition coefficient (Wildman–Crippen LogP) is 3.17. The third-order valence-electron chi connectivity index (χ3n) is 4.46. The predicted molar refractivity (Wildman–Crippen MR) is 104 cm³/mol. The van der Waals surface area contributed by atoms with E-state index in [1.165, 1.54) is 18.2 Å². The van der Waals surface area contributed by atoms with E-state index in [1.807, 2.05) is 13.8 Å². The van der Waals surface area contributed by atoms with Gasteiger partial charge in [-0.15, -0.1) is 0 Å². The smallest absolute Gasteiger partial charge is 0.261 e. The summed E-state index contributed by atoms with van der Waals surface area (Å²) in [6, 6.07) is 3.85. The maximum Gasteiger partial charge on any atom is 0.261 e. The minimum Gasteiger partial charge on any atom is -0.507 e. The van der Waals surface area contributed by atoms with Crippen molar-refractivity contribution >= 4 is 17.6 Å². The molecule has 0 bridgehead atoms. The number of pyridine rings is 1. The van der Waals surface area contributed by atoms with Gasteiger partial charge in [0.15, 0.2) is 11.6 Å². The van der Waals surface area contributed by atoms with Crippen molar-refractivity contribution in [2.75, 3.05) is 13.1 Å². The highest BCUT2D eigenvalue weighted by Crippen LogP contribution is 2.39. The summed E-state index contributed by atoms with van der Waals surface area (Å²) < 4.78 is 13.8. The van der Waals surface area contributed by atoms with Crippen LogP contribution in [0.3, 0.4) is 0 Å². The minimum atomic E-state index is -0.646. The molecule has 28 heavy (non-hydrogen) atoms. The van der Waals surface area contributed by atoms with Gasteiger partial charge in [0.05, 0.1) is 18.3 Å². The quantitative estimate of drug-likeness (QED) is 0.697. The van der Waals surface area contributed by atoms with E-state index in [2.05, 4.69) is 25.5 Å². The number of rotatable bonds is 2. The summed E-state index contributed by atoms with van der Waals surface area (Å²) in [5, 5.41) is 16.1. The number of hydrogen-bond acceptors (Lipinski definition) is 5. The fourth-order valence-corrected chi connectivity index (χ4v) is 2.92. The lowest BCUT2D eigenvalue weighted by atomic mass is 9.93. The van der Waals surface area contributed by atoms with Crippen LogP contribution in [0.1, 0.15) is 29.9 Å². The fourth-order valence-electron chi connectivity index (χ4n) is 2.92. The number of nitrogens with one attached hydrogen (secondary N) is 2. The molecule has 0 unspecified atom stereocenters. The number of aromatic hydroxyl groups is 1. The molecule has 0 fully saturated rings. The number of nitrogens with zero attached hydrogens (tertiary/aromatic N) is 3. The molecule has 3 N–H and O–H groups in total. The summed E-state index contributed by atoms with van der Waals surface area (Å²) in [4.78, 5) is 24.7. The summed E-state index contributed by atoms with van der Waals surface area (Å²) >= 11 is 0. The van der Waals surface area contributed by atoms with Crippen LogP contribution in [0.4, 0.5) is 10.1 Å². The highest BCUT2D eigenvalue weighted by molar-refractivity contribution is 6.12. The van der Waals surface area contributed by atoms with E-state index in [0.29, 0.717) is 18.8 Å². The topological polar surface area (TPSA) is 91.0 Å². The summed E-state index contributed by atoms with van der Waals surface area (Å²) in [5.74, 6) is -1.28. The standard InChI is InChI=1S/C20H20FN5O2/c1-11-13(7-12(21)8-23-11)16-14(22-4)5-6-15(27)17(16)18(28)26-19-24-9-20(2,3)10-25-19/h5-8,27H,9-10H2,1-3H3,(H2,24,25,26,28). The Hall–Kier alpha value is -3.47. The van der Waals surface area contributed by atoms with Gasteiger partial charge in [-0.1, -0.05) is 19.9 Å². The van der Waals surface area contributed by atoms with Gasteiger partial charge in [-0.3, -0.25) is 20.1 Å². The highest BCUT2D eigenvalue weighted by Gasteiger charge is 2.26. The summed E-state index contributed by atoms with van der Waals surface area (Å²) in [6.45, 7) is 14.3. The molecule has 1 amide bonds. The molecule has 7 nitrogen and oxygen atoms in total. The molecule has 2 aromatic rings. The molecule has 0 atom stereocenters. The van der Waals surface area contributed by atoms with Crippen molar-refractivity contribution in [1.29, 1.82) is 0 Å². The second kappa shape index (κ2) is 7.27. The number of phenols is 1. The fraction of sp³-hybridized carbons (Fsp3) is 0.300. The van der Waals surface area contributed by atoms with Crippen LogP contribution in [0, 0.1) is 24.7 Å². The molecule has 0 radical (unpaired) electrons. The molecular weight excluding hydrogens is 361 g/mol. The van der Waals surface area contributed by atoms with Crippen molar-refractivity contribution in [3.63, 3.8) is 0 Å². The SMILES string of the molecule is [C-]#[N+]c1ccc(O)c(C(=O)NC2=NCC(C)(C)CN2)c1-c1cc(F)cnc1C. The molecular formula is C20H20FN5O2. The van der Waals surface area contributed by atoms with Gasteiger partial charge < -0.3 is 10.4 Å². The Morgan fingerprint density at radius 1 is 1.43 bits per heavy atom. The van der Waals surface area contributed by atoms with E-state index in [-0.39, 0.29) is 39.5 Å². The molecule has 1 aromatic heterocycles. The van der Waals surface area contributed by atoms with Crippen molar-refractivity contribution in [2.24, 2.45) is 10.4 Å². The first-order chi connectivity index (χ1) is 13.2. The van der Waals surface area contributed by atoms with Crippen LogP contribution in [0.15, 0.2) is 29.4 Å². The molecule has 0 saturated carbocycles. The number of carbonyl (C=O) groups excluding carboxylic acids is 1. The normalized spacial score (nSPS) is 15.2. The van der Waals surface area contributed by atoms with Gasteiger partial charge in [-0.05, 0) is 24.6 Å². The van der Waals surface area contributed by atoms with Crippen molar-refractivity contribution < 1.29 is 14.3 Å². The van der Waals surface area contributed by atoms with E-state index in [0.717, 1.165) is 6.20 Å². The lowest BCUT2D eigenvalue weighted by Crippen LogP contribution is -2.49. The molecule has 3 rings (SSSR count). The molecule has 8 heteroatoms. The largest absolute Gasteiger partial charge is 0.507 e. The first kappa shape index (κ1) is 19.3. The van der Waals surface area contributed by atoms with Gasteiger partial charge in [-0.2, -0.15) is 0 Å². The average molecular weight is 381 g/mol. The van der Waals surface area contributed by atoms with Crippen LogP contribution in [0.2, 0.25) is 0 Å². The van der Waals surface area contributed by atoms with Gasteiger partial charge in [0, 0.05) is 29.8 Å². The zero-order valence-corrected chi connectivity index (χ0v) is 15.8. The van der Waals surface area contributed by atoms with Gasteiger partial charge in [-0.25, -0.2) is 9.24 Å². The summed E-state index contributed by atoms with van der Waals surface area (Å²) in [7, 11) is 0. The number of aryl methyl sites for hydroxylation is 1. The van der Waals surface area contributed by atoms with Crippen LogP contribution < -0.4 is 10.6 Å². The number of carbonyl (C=O) groups is 1. The van der Waals surface area contributed by atoms with E-state index in [1.54, 1.807) is 6.92 Å². The summed E-state index contributed by atoms with van der Waals surface area (Å²) in [5.41, 5.74) is 0.786. The second-order valence-electron chi connectivity index (χ2n) is 7.39. The Morgan fingerprint density at radius 3 is 2.82 bits per heavy atom. The maximum atomic E-state index is 13.8. The first-order valence-electron chi connectivity index (χ1n) is 8.67. The zero-order chi connectivity index (χ0) is 20.5. The Kier molecular flexibility index (Phi) is 5.01. The van der Waals surface area contributed by atoms with Crippen LogP contribution in [0.5, 0.6) is 5.75 Å². The minimum absolute atomic E-state index is 0.0319. The monoisotopic (exact) mass is 381 g/mol. The highest BCUT2D eigenvalue weighted by atomic mass is 19.1. The van der Waals surface area contributed by atoms with Crippen LogP contribution >= 0.6 is 0 Å². The van der Waals surface area contributed by atoms with E-state index >= 15 is 0 Å². The number of aromatic nitrogens is 1. The number of guanidine groups is 1. The van der Waals surface area contributed by atoms with Crippen LogP contribution in [-0.2, 0) is 0 Å². The Balaban J connectivity index is 2.08. The third kappa shape index (κ3) is 3.78. The van der Waals surface area contributed by atoms with Crippen molar-refractivity contribution in [2.45, 2.75) is 20.8 Å². The third-order valence-corrected chi connectivity index (χ3v) is 4.46. The summed E-state index contributed by atoms with van der Waals surface area (Å²) in [6.07, 6.45) is 1.06. The number of benzene rings is 1. The first-order valence-corrected chi connectivity index (χ1v) is 8.67. The molecule has 1 aliphatic rings. The maximum absolute atomic E-state index is 13.8. The Bertz CT molecular complexity index is 1020. The molecule has 144 valence electrons. The molecule has 0 saturated heterocycles. The van der Waals surface area contributed by atoms with Gasteiger partial charge in [0.25, 0.3) is 5.91 Å². The van der Waals surface area contributed by atoms with Gasteiger partial charge in [0.2, 0.25) is 0 Å². The van der Waals surface area contributed by atoms with E-state index in [9.17, 15) is 14.3 Å². The number of halogens is 1. The van der Waals surface area contributed by atoms with Crippen molar-refractivity contribution in [3.8, 4) is 16.9 Å². The number of hydrogen-bond donors (Lipinski definition) is 3. The molecule has 2 heterocycles. The van der Waals surface area contributed by atoms with Gasteiger partial charge in [0.1, 0.15) is 11.6 Å². The van der Waals surface area contributed by atoms with Crippen LogP contribution in [0.25, 0.3) is 16.0 Å². The average Bonchev–Trinajstić information content (AvgIpc) is 2.65.